The fraction of sp³-hybridized carbons (Fsp3) is 0.371. The molecule has 3 aromatic rings. The van der Waals surface area contributed by atoms with Crippen LogP contribution in [-0.2, 0) is 36.9 Å². The summed E-state index contributed by atoms with van der Waals surface area (Å²) in [6.07, 6.45) is -3.21. The van der Waals surface area contributed by atoms with Crippen LogP contribution in [-0.4, -0.2) is 63.8 Å². The zero-order chi connectivity index (χ0) is 37.1. The van der Waals surface area contributed by atoms with E-state index in [1.54, 1.807) is 64.1 Å². The van der Waals surface area contributed by atoms with Crippen LogP contribution >= 0.6 is 0 Å². The number of rotatable bonds is 10. The Morgan fingerprint density at radius 2 is 1.67 bits per heavy atom. The topological polar surface area (TPSA) is 174 Å². The number of aromatic nitrogens is 1. The van der Waals surface area contributed by atoms with Crippen LogP contribution in [0, 0.1) is 5.92 Å². The molecule has 16 heteroatoms. The SMILES string of the molecule is C[C@H](NC(=O)OC(C)(C)C)C(=O)Nc1cc(C[C@H]2C(=O)N(C(=O)N[C@H](C)c3ccc4c(c3)OC(F)(F)O4)[C@@H]2C(=O)OCc2ccccc2)ccn1. The molecule has 2 aromatic carbocycles. The van der Waals surface area contributed by atoms with Crippen molar-refractivity contribution in [1.29, 1.82) is 0 Å². The molecule has 0 bridgehead atoms. The van der Waals surface area contributed by atoms with Crippen molar-refractivity contribution in [1.82, 2.24) is 20.5 Å². The third-order valence-electron chi connectivity index (χ3n) is 7.82. The highest BCUT2D eigenvalue weighted by Crippen LogP contribution is 2.42. The highest BCUT2D eigenvalue weighted by molar-refractivity contribution is 6.08. The Labute approximate surface area is 291 Å². The van der Waals surface area contributed by atoms with Crippen LogP contribution in [0.2, 0.25) is 0 Å². The van der Waals surface area contributed by atoms with E-state index in [1.165, 1.54) is 37.4 Å². The van der Waals surface area contributed by atoms with Gasteiger partial charge in [-0.1, -0.05) is 36.4 Å². The average molecular weight is 710 g/mol. The van der Waals surface area contributed by atoms with E-state index in [-0.39, 0.29) is 30.3 Å². The lowest BCUT2D eigenvalue weighted by atomic mass is 9.82. The van der Waals surface area contributed by atoms with E-state index in [9.17, 15) is 32.8 Å². The standard InChI is InChI=1S/C35H37F2N5O9/c1-19(23-11-12-25-26(17-23)50-35(36,37)49-25)39-32(46)42-28(31(45)48-18-21-9-7-6-8-10-21)24(30(42)44)15-22-13-14-38-27(16-22)41-29(43)20(2)40-33(47)51-34(3,4)5/h6-14,16-17,19-20,24,28H,15,18H2,1-5H3,(H,39,46)(H,40,47)(H,38,41,43)/t19-,20+,24-,28+/m1/s1. The summed E-state index contributed by atoms with van der Waals surface area (Å²) < 4.78 is 46.7. The lowest BCUT2D eigenvalue weighted by molar-refractivity contribution is -0.286. The molecule has 0 unspecified atom stereocenters. The van der Waals surface area contributed by atoms with Crippen molar-refractivity contribution >= 4 is 35.7 Å². The summed E-state index contributed by atoms with van der Waals surface area (Å²) in [6.45, 7) is 7.99. The molecule has 1 saturated heterocycles. The zero-order valence-corrected chi connectivity index (χ0v) is 28.4. The number of amides is 5. The van der Waals surface area contributed by atoms with Gasteiger partial charge < -0.3 is 34.9 Å². The first-order valence-electron chi connectivity index (χ1n) is 16.0. The van der Waals surface area contributed by atoms with Gasteiger partial charge in [-0.3, -0.25) is 9.59 Å². The van der Waals surface area contributed by atoms with Crippen molar-refractivity contribution in [3.8, 4) is 11.5 Å². The van der Waals surface area contributed by atoms with Crippen molar-refractivity contribution in [3.63, 3.8) is 0 Å². The summed E-state index contributed by atoms with van der Waals surface area (Å²) in [7, 11) is 0. The van der Waals surface area contributed by atoms with Crippen molar-refractivity contribution in [2.75, 3.05) is 5.32 Å². The first-order chi connectivity index (χ1) is 24.0. The Morgan fingerprint density at radius 1 is 0.961 bits per heavy atom. The molecule has 0 aliphatic carbocycles. The van der Waals surface area contributed by atoms with Gasteiger partial charge in [0.05, 0.1) is 12.0 Å². The number of anilines is 1. The second-order valence-corrected chi connectivity index (χ2v) is 13.0. The van der Waals surface area contributed by atoms with Gasteiger partial charge >= 0.3 is 24.4 Å². The smallest absolute Gasteiger partial charge is 0.459 e. The van der Waals surface area contributed by atoms with Crippen molar-refractivity contribution in [2.45, 2.75) is 77.7 Å². The van der Waals surface area contributed by atoms with Crippen LogP contribution in [0.15, 0.2) is 66.9 Å². The number of hydrogen-bond acceptors (Lipinski definition) is 10. The molecule has 4 atom stereocenters. The molecule has 51 heavy (non-hydrogen) atoms. The first-order valence-corrected chi connectivity index (χ1v) is 16.0. The Hall–Kier alpha value is -5.80. The summed E-state index contributed by atoms with van der Waals surface area (Å²) in [5.74, 6) is -3.35. The number of β-lactam (4-membered cyclic amide) rings is 1. The van der Waals surface area contributed by atoms with E-state index in [0.717, 1.165) is 4.90 Å². The molecule has 5 rings (SSSR count). The third-order valence-corrected chi connectivity index (χ3v) is 7.82. The zero-order valence-electron chi connectivity index (χ0n) is 28.4. The maximum absolute atomic E-state index is 13.5. The number of esters is 1. The second-order valence-electron chi connectivity index (χ2n) is 13.0. The van der Waals surface area contributed by atoms with E-state index in [4.69, 9.17) is 9.47 Å². The minimum atomic E-state index is -3.82. The second kappa shape index (κ2) is 14.6. The number of carbonyl (C=O) groups excluding carboxylic acids is 5. The van der Waals surface area contributed by atoms with E-state index in [2.05, 4.69) is 30.4 Å². The van der Waals surface area contributed by atoms with Gasteiger partial charge in [-0.25, -0.2) is 24.3 Å². The minimum Gasteiger partial charge on any atom is -0.459 e. The predicted octanol–water partition coefficient (Wildman–Crippen LogP) is 4.84. The molecule has 270 valence electrons. The summed E-state index contributed by atoms with van der Waals surface area (Å²) in [5, 5.41) is 7.67. The lowest BCUT2D eigenvalue weighted by Crippen LogP contribution is -2.69. The fourth-order valence-corrected chi connectivity index (χ4v) is 5.34. The maximum atomic E-state index is 13.5. The number of likely N-dealkylation sites (tertiary alicyclic amines) is 1. The van der Waals surface area contributed by atoms with Crippen molar-refractivity contribution in [2.24, 2.45) is 5.92 Å². The summed E-state index contributed by atoms with van der Waals surface area (Å²) in [5.41, 5.74) is 0.817. The molecule has 1 aromatic heterocycles. The van der Waals surface area contributed by atoms with E-state index in [1.807, 2.05) is 0 Å². The number of hydrogen-bond donors (Lipinski definition) is 3. The number of urea groups is 1. The number of halogens is 2. The fourth-order valence-electron chi connectivity index (χ4n) is 5.34. The lowest BCUT2D eigenvalue weighted by Gasteiger charge is -2.44. The van der Waals surface area contributed by atoms with Gasteiger partial charge in [0.25, 0.3) is 0 Å². The van der Waals surface area contributed by atoms with Gasteiger partial charge in [0.2, 0.25) is 11.8 Å². The van der Waals surface area contributed by atoms with Crippen molar-refractivity contribution < 1.29 is 51.7 Å². The maximum Gasteiger partial charge on any atom is 0.586 e. The number of fused-ring (bicyclic) bond motifs is 1. The average Bonchev–Trinajstić information content (AvgIpc) is 3.37. The Bertz CT molecular complexity index is 1820. The van der Waals surface area contributed by atoms with E-state index >= 15 is 0 Å². The molecule has 2 aliphatic rings. The molecule has 3 N–H and O–H groups in total. The van der Waals surface area contributed by atoms with Gasteiger partial charge in [0.1, 0.15) is 24.1 Å². The van der Waals surface area contributed by atoms with Gasteiger partial charge in [-0.15, -0.1) is 8.78 Å². The summed E-state index contributed by atoms with van der Waals surface area (Å²) in [6, 6.07) is 11.9. The number of imide groups is 1. The Balaban J connectivity index is 1.28. The van der Waals surface area contributed by atoms with Crippen molar-refractivity contribution in [3.05, 3.63) is 83.6 Å². The monoisotopic (exact) mass is 709 g/mol. The Morgan fingerprint density at radius 3 is 2.37 bits per heavy atom. The molecule has 1 fully saturated rings. The molecule has 0 saturated carbocycles. The molecule has 14 nitrogen and oxygen atoms in total. The number of nitrogens with one attached hydrogen (secondary N) is 3. The normalized spacial score (nSPS) is 18.5. The van der Waals surface area contributed by atoms with Gasteiger partial charge in [-0.05, 0) is 82.0 Å². The summed E-state index contributed by atoms with van der Waals surface area (Å²) in [4.78, 5) is 70.1. The third kappa shape index (κ3) is 9.06. The largest absolute Gasteiger partial charge is 0.586 e. The van der Waals surface area contributed by atoms with Crippen LogP contribution in [0.3, 0.4) is 0 Å². The Kier molecular flexibility index (Phi) is 10.4. The number of nitrogens with zero attached hydrogens (tertiary/aromatic N) is 2. The highest BCUT2D eigenvalue weighted by atomic mass is 19.3. The molecular formula is C35H37F2N5O9. The van der Waals surface area contributed by atoms with E-state index < -0.39 is 65.8 Å². The van der Waals surface area contributed by atoms with Gasteiger partial charge in [0, 0.05) is 6.20 Å². The van der Waals surface area contributed by atoms with Crippen LogP contribution in [0.25, 0.3) is 0 Å². The first kappa shape index (κ1) is 36.5. The number of ether oxygens (including phenoxy) is 4. The minimum absolute atomic E-state index is 0.0171. The molecule has 3 heterocycles. The van der Waals surface area contributed by atoms with Gasteiger partial charge in [0.15, 0.2) is 17.5 Å². The summed E-state index contributed by atoms with van der Waals surface area (Å²) >= 11 is 0. The number of alkyl carbamates (subject to hydrolysis) is 1. The number of benzene rings is 2. The van der Waals surface area contributed by atoms with Crippen LogP contribution in [0.4, 0.5) is 24.2 Å². The molecule has 5 amide bonds. The quantitative estimate of drug-likeness (QED) is 0.195. The highest BCUT2D eigenvalue weighted by Gasteiger charge is 2.55. The van der Waals surface area contributed by atoms with Crippen LogP contribution in [0.1, 0.15) is 57.4 Å². The number of carbonyl (C=O) groups is 5. The predicted molar refractivity (Wildman–Crippen MR) is 175 cm³/mol. The van der Waals surface area contributed by atoms with E-state index in [0.29, 0.717) is 16.7 Å². The molecule has 0 radical (unpaired) electrons. The molecule has 2 aliphatic heterocycles. The number of pyridine rings is 1. The molecule has 0 spiro atoms. The molecular weight excluding hydrogens is 672 g/mol. The number of alkyl halides is 2. The van der Waals surface area contributed by atoms with Gasteiger partial charge in [-0.2, -0.15) is 0 Å². The van der Waals surface area contributed by atoms with Crippen LogP contribution < -0.4 is 25.4 Å². The van der Waals surface area contributed by atoms with Crippen LogP contribution in [0.5, 0.6) is 11.5 Å².